The molecule has 146 valence electrons. The van der Waals surface area contributed by atoms with Crippen LogP contribution < -0.4 is 10.6 Å². The van der Waals surface area contributed by atoms with Crippen LogP contribution in [-0.2, 0) is 4.79 Å². The Morgan fingerprint density at radius 2 is 1.89 bits per heavy atom. The first kappa shape index (κ1) is 18.4. The number of hydrogen-bond acceptors (Lipinski definition) is 5. The van der Waals surface area contributed by atoms with E-state index in [2.05, 4.69) is 41.8 Å². The maximum absolute atomic E-state index is 11.4. The van der Waals surface area contributed by atoms with Crippen LogP contribution in [0, 0.1) is 13.8 Å². The number of fused-ring (bicyclic) bond motifs is 1. The Balaban J connectivity index is 1.70. The second-order valence-corrected chi connectivity index (χ2v) is 7.37. The standard InChI is InChI=1S/C21H26N6O/c1-4-17(28)22-11-12-23-20-18-14(3)26-27(16-9-5-13(2)6-10-16)21(18)25-19(24-20)15-7-8-15/h5-6,9-10,15H,4,7-8,11-12H2,1-3H3,(H,22,28)(H,23,24,25). The number of aromatic nitrogens is 4. The van der Waals surface area contributed by atoms with Crippen molar-refractivity contribution in [1.29, 1.82) is 0 Å². The van der Waals surface area contributed by atoms with Crippen molar-refractivity contribution in [1.82, 2.24) is 25.1 Å². The summed E-state index contributed by atoms with van der Waals surface area (Å²) < 4.78 is 1.90. The Bertz CT molecular complexity index is 1000. The first-order valence-electron chi connectivity index (χ1n) is 9.91. The molecule has 0 aliphatic heterocycles. The Labute approximate surface area is 164 Å². The largest absolute Gasteiger partial charge is 0.368 e. The van der Waals surface area contributed by atoms with Gasteiger partial charge in [-0.15, -0.1) is 0 Å². The lowest BCUT2D eigenvalue weighted by Gasteiger charge is -2.10. The summed E-state index contributed by atoms with van der Waals surface area (Å²) in [7, 11) is 0. The van der Waals surface area contributed by atoms with E-state index in [1.54, 1.807) is 0 Å². The molecule has 0 bridgehead atoms. The molecule has 2 heterocycles. The molecular formula is C21H26N6O. The van der Waals surface area contributed by atoms with Gasteiger partial charge in [-0.05, 0) is 38.8 Å². The van der Waals surface area contributed by atoms with Crippen LogP contribution in [0.1, 0.15) is 49.2 Å². The van der Waals surface area contributed by atoms with Crippen molar-refractivity contribution in [3.8, 4) is 5.69 Å². The summed E-state index contributed by atoms with van der Waals surface area (Å²) >= 11 is 0. The minimum atomic E-state index is 0.0525. The zero-order valence-electron chi connectivity index (χ0n) is 16.6. The Morgan fingerprint density at radius 3 is 2.57 bits per heavy atom. The molecule has 1 fully saturated rings. The highest BCUT2D eigenvalue weighted by atomic mass is 16.1. The topological polar surface area (TPSA) is 84.7 Å². The third-order valence-corrected chi connectivity index (χ3v) is 5.00. The molecule has 1 amide bonds. The molecule has 1 aromatic carbocycles. The number of nitrogens with one attached hydrogen (secondary N) is 2. The molecular weight excluding hydrogens is 352 g/mol. The lowest BCUT2D eigenvalue weighted by Crippen LogP contribution is -2.28. The summed E-state index contributed by atoms with van der Waals surface area (Å²) in [6, 6.07) is 8.29. The van der Waals surface area contributed by atoms with Crippen LogP contribution in [0.15, 0.2) is 24.3 Å². The Morgan fingerprint density at radius 1 is 1.14 bits per heavy atom. The number of nitrogens with zero attached hydrogens (tertiary/aromatic N) is 4. The number of carbonyl (C=O) groups excluding carboxylic acids is 1. The normalized spacial score (nSPS) is 13.7. The molecule has 7 heteroatoms. The fourth-order valence-corrected chi connectivity index (χ4v) is 3.23. The third-order valence-electron chi connectivity index (χ3n) is 5.00. The Kier molecular flexibility index (Phi) is 4.98. The van der Waals surface area contributed by atoms with Crippen LogP contribution in [0.2, 0.25) is 0 Å². The van der Waals surface area contributed by atoms with Crippen molar-refractivity contribution in [2.75, 3.05) is 18.4 Å². The van der Waals surface area contributed by atoms with Gasteiger partial charge in [-0.25, -0.2) is 14.6 Å². The molecule has 1 saturated carbocycles. The first-order valence-corrected chi connectivity index (χ1v) is 9.91. The van der Waals surface area contributed by atoms with Crippen LogP contribution in [0.5, 0.6) is 0 Å². The summed E-state index contributed by atoms with van der Waals surface area (Å²) in [5.74, 6) is 2.16. The number of anilines is 1. The smallest absolute Gasteiger partial charge is 0.219 e. The maximum atomic E-state index is 11.4. The third kappa shape index (κ3) is 3.69. The maximum Gasteiger partial charge on any atom is 0.219 e. The Hall–Kier alpha value is -2.96. The van der Waals surface area contributed by atoms with Gasteiger partial charge in [0.25, 0.3) is 0 Å². The van der Waals surface area contributed by atoms with E-state index in [1.807, 2.05) is 18.5 Å². The number of aryl methyl sites for hydroxylation is 2. The molecule has 0 unspecified atom stereocenters. The van der Waals surface area contributed by atoms with Gasteiger partial charge in [0.15, 0.2) is 5.65 Å². The zero-order chi connectivity index (χ0) is 19.7. The van der Waals surface area contributed by atoms with E-state index in [0.717, 1.165) is 46.9 Å². The quantitative estimate of drug-likeness (QED) is 0.617. The highest BCUT2D eigenvalue weighted by Gasteiger charge is 2.29. The van der Waals surface area contributed by atoms with Gasteiger partial charge in [-0.2, -0.15) is 5.10 Å². The van der Waals surface area contributed by atoms with Gasteiger partial charge in [0.05, 0.1) is 16.8 Å². The van der Waals surface area contributed by atoms with E-state index in [-0.39, 0.29) is 5.91 Å². The van der Waals surface area contributed by atoms with Crippen molar-refractivity contribution in [3.05, 3.63) is 41.3 Å². The van der Waals surface area contributed by atoms with Gasteiger partial charge in [-0.1, -0.05) is 24.6 Å². The average Bonchev–Trinajstić information content (AvgIpc) is 3.49. The van der Waals surface area contributed by atoms with E-state index in [1.165, 1.54) is 5.56 Å². The molecule has 4 rings (SSSR count). The first-order chi connectivity index (χ1) is 13.6. The summed E-state index contributed by atoms with van der Waals surface area (Å²) in [5, 5.41) is 12.0. The van der Waals surface area contributed by atoms with Gasteiger partial charge in [0.2, 0.25) is 5.91 Å². The fourth-order valence-electron chi connectivity index (χ4n) is 3.23. The summed E-state index contributed by atoms with van der Waals surface area (Å²) in [4.78, 5) is 21.1. The predicted octanol–water partition coefficient (Wildman–Crippen LogP) is 3.25. The van der Waals surface area contributed by atoms with E-state index >= 15 is 0 Å². The average molecular weight is 378 g/mol. The second kappa shape index (κ2) is 7.58. The number of benzene rings is 1. The molecule has 1 aliphatic rings. The molecule has 0 saturated heterocycles. The molecule has 0 spiro atoms. The van der Waals surface area contributed by atoms with Crippen molar-refractivity contribution in [2.45, 2.75) is 46.0 Å². The number of amides is 1. The summed E-state index contributed by atoms with van der Waals surface area (Å²) in [6.45, 7) is 7.07. The number of rotatable bonds is 7. The van der Waals surface area contributed by atoms with Crippen molar-refractivity contribution in [3.63, 3.8) is 0 Å². The van der Waals surface area contributed by atoms with Crippen LogP contribution in [0.3, 0.4) is 0 Å². The minimum Gasteiger partial charge on any atom is -0.368 e. The molecule has 2 N–H and O–H groups in total. The number of carbonyl (C=O) groups is 1. The monoisotopic (exact) mass is 378 g/mol. The highest BCUT2D eigenvalue weighted by Crippen LogP contribution is 2.40. The molecule has 3 aromatic rings. The zero-order valence-corrected chi connectivity index (χ0v) is 16.6. The van der Waals surface area contributed by atoms with E-state index in [9.17, 15) is 4.79 Å². The van der Waals surface area contributed by atoms with E-state index < -0.39 is 0 Å². The van der Waals surface area contributed by atoms with Crippen LogP contribution in [0.25, 0.3) is 16.7 Å². The summed E-state index contributed by atoms with van der Waals surface area (Å²) in [5.41, 5.74) is 3.92. The highest BCUT2D eigenvalue weighted by molar-refractivity contribution is 5.90. The molecule has 2 aromatic heterocycles. The summed E-state index contributed by atoms with van der Waals surface area (Å²) in [6.07, 6.45) is 2.76. The van der Waals surface area contributed by atoms with Crippen LogP contribution in [-0.4, -0.2) is 38.7 Å². The predicted molar refractivity (Wildman–Crippen MR) is 110 cm³/mol. The fraction of sp³-hybridized carbons (Fsp3) is 0.429. The lowest BCUT2D eigenvalue weighted by molar-refractivity contribution is -0.120. The minimum absolute atomic E-state index is 0.0525. The van der Waals surface area contributed by atoms with Crippen molar-refractivity contribution >= 4 is 22.8 Å². The van der Waals surface area contributed by atoms with Gasteiger partial charge in [-0.3, -0.25) is 4.79 Å². The van der Waals surface area contributed by atoms with E-state index in [0.29, 0.717) is 25.4 Å². The van der Waals surface area contributed by atoms with Gasteiger partial charge in [0, 0.05) is 25.4 Å². The molecule has 0 radical (unpaired) electrons. The van der Waals surface area contributed by atoms with Gasteiger partial charge >= 0.3 is 0 Å². The van der Waals surface area contributed by atoms with Crippen molar-refractivity contribution < 1.29 is 4.79 Å². The lowest BCUT2D eigenvalue weighted by atomic mass is 10.2. The second-order valence-electron chi connectivity index (χ2n) is 7.37. The van der Waals surface area contributed by atoms with Gasteiger partial charge in [0.1, 0.15) is 11.6 Å². The molecule has 28 heavy (non-hydrogen) atoms. The molecule has 0 atom stereocenters. The van der Waals surface area contributed by atoms with Crippen molar-refractivity contribution in [2.24, 2.45) is 0 Å². The van der Waals surface area contributed by atoms with Crippen LogP contribution >= 0.6 is 0 Å². The van der Waals surface area contributed by atoms with E-state index in [4.69, 9.17) is 15.1 Å². The SMILES string of the molecule is CCC(=O)NCCNc1nc(C2CC2)nc2c1c(C)nn2-c1ccc(C)cc1. The van der Waals surface area contributed by atoms with Gasteiger partial charge < -0.3 is 10.6 Å². The van der Waals surface area contributed by atoms with Crippen LogP contribution in [0.4, 0.5) is 5.82 Å². The molecule has 7 nitrogen and oxygen atoms in total. The number of hydrogen-bond donors (Lipinski definition) is 2. The molecule has 1 aliphatic carbocycles.